The molecule has 1 rings (SSSR count). The van der Waals surface area contributed by atoms with Crippen LogP contribution in [0.1, 0.15) is 18.9 Å². The first-order valence-corrected chi connectivity index (χ1v) is 6.65. The summed E-state index contributed by atoms with van der Waals surface area (Å²) in [5.41, 5.74) is 0.683. The molecule has 0 fully saturated rings. The number of carbonyl (C=O) groups excluding carboxylic acids is 1. The Balaban J connectivity index is 2.74. The Morgan fingerprint density at radius 3 is 2.84 bits per heavy atom. The fourth-order valence-electron chi connectivity index (χ4n) is 1.45. The van der Waals surface area contributed by atoms with Crippen molar-refractivity contribution in [3.63, 3.8) is 0 Å². The van der Waals surface area contributed by atoms with E-state index in [1.54, 1.807) is 12.1 Å². The van der Waals surface area contributed by atoms with E-state index in [9.17, 15) is 14.9 Å². The number of benzene rings is 1. The normalized spacial score (nSPS) is 10.6. The predicted molar refractivity (Wildman–Crippen MR) is 76.4 cm³/mol. The number of thioether (sulfide) groups is 1. The lowest BCUT2D eigenvalue weighted by molar-refractivity contribution is -0.384. The summed E-state index contributed by atoms with van der Waals surface area (Å²) in [5, 5.41) is 10.8. The van der Waals surface area contributed by atoms with E-state index in [1.165, 1.54) is 37.9 Å². The SMILES string of the molecule is COc1ccc([N+](=O)[O-])cc1C=CCCSC(C)=O. The summed E-state index contributed by atoms with van der Waals surface area (Å²) in [4.78, 5) is 21.0. The summed E-state index contributed by atoms with van der Waals surface area (Å²) in [6.45, 7) is 1.53. The number of nitrogens with zero attached hydrogens (tertiary/aromatic N) is 1. The largest absolute Gasteiger partial charge is 0.496 e. The highest BCUT2D eigenvalue weighted by Crippen LogP contribution is 2.25. The molecular weight excluding hydrogens is 266 g/mol. The van der Waals surface area contributed by atoms with Gasteiger partial charge in [0.25, 0.3) is 5.69 Å². The van der Waals surface area contributed by atoms with Gasteiger partial charge in [0, 0.05) is 30.4 Å². The predicted octanol–water partition coefficient (Wildman–Crippen LogP) is 3.29. The molecule has 0 atom stereocenters. The van der Waals surface area contributed by atoms with Gasteiger partial charge < -0.3 is 4.74 Å². The maximum absolute atomic E-state index is 10.7. The van der Waals surface area contributed by atoms with Gasteiger partial charge >= 0.3 is 0 Å². The Morgan fingerprint density at radius 1 is 1.53 bits per heavy atom. The number of hydrogen-bond donors (Lipinski definition) is 0. The van der Waals surface area contributed by atoms with Crippen LogP contribution >= 0.6 is 11.8 Å². The first kappa shape index (κ1) is 15.2. The third-order valence-electron chi connectivity index (χ3n) is 2.31. The number of methoxy groups -OCH3 is 1. The lowest BCUT2D eigenvalue weighted by atomic mass is 10.1. The fraction of sp³-hybridized carbons (Fsp3) is 0.308. The molecule has 0 saturated carbocycles. The highest BCUT2D eigenvalue weighted by atomic mass is 32.2. The van der Waals surface area contributed by atoms with E-state index in [4.69, 9.17) is 4.74 Å². The highest BCUT2D eigenvalue weighted by molar-refractivity contribution is 8.13. The van der Waals surface area contributed by atoms with Crippen LogP contribution < -0.4 is 4.74 Å². The van der Waals surface area contributed by atoms with Gasteiger partial charge in [0.05, 0.1) is 12.0 Å². The van der Waals surface area contributed by atoms with Crippen LogP contribution in [0.2, 0.25) is 0 Å². The van der Waals surface area contributed by atoms with Crippen LogP contribution in [-0.4, -0.2) is 22.9 Å². The van der Waals surface area contributed by atoms with Crippen LogP contribution in [0, 0.1) is 10.1 Å². The second kappa shape index (κ2) is 7.58. The van der Waals surface area contributed by atoms with Crippen molar-refractivity contribution in [2.75, 3.05) is 12.9 Å². The van der Waals surface area contributed by atoms with Crippen molar-refractivity contribution in [1.29, 1.82) is 0 Å². The molecule has 0 heterocycles. The third-order valence-corrected chi connectivity index (χ3v) is 3.16. The van der Waals surface area contributed by atoms with Gasteiger partial charge in [-0.05, 0) is 12.5 Å². The van der Waals surface area contributed by atoms with Crippen LogP contribution in [0.3, 0.4) is 0 Å². The van der Waals surface area contributed by atoms with Gasteiger partial charge in [-0.25, -0.2) is 0 Å². The van der Waals surface area contributed by atoms with E-state index in [2.05, 4.69) is 0 Å². The van der Waals surface area contributed by atoms with Crippen molar-refractivity contribution >= 4 is 28.6 Å². The molecule has 6 heteroatoms. The number of allylic oxidation sites excluding steroid dienone is 1. The molecule has 0 bridgehead atoms. The summed E-state index contributed by atoms with van der Waals surface area (Å²) in [7, 11) is 1.52. The molecule has 102 valence electrons. The van der Waals surface area contributed by atoms with Crippen LogP contribution in [0.5, 0.6) is 5.75 Å². The first-order valence-electron chi connectivity index (χ1n) is 5.67. The Labute approximate surface area is 115 Å². The second-order valence-corrected chi connectivity index (χ2v) is 4.99. The van der Waals surface area contributed by atoms with Gasteiger partial charge in [0.2, 0.25) is 0 Å². The molecule has 1 aromatic carbocycles. The number of rotatable bonds is 6. The minimum atomic E-state index is -0.442. The van der Waals surface area contributed by atoms with E-state index < -0.39 is 4.92 Å². The summed E-state index contributed by atoms with van der Waals surface area (Å²) in [6.07, 6.45) is 4.36. The lowest BCUT2D eigenvalue weighted by Crippen LogP contribution is -1.92. The molecule has 0 N–H and O–H groups in total. The van der Waals surface area contributed by atoms with E-state index in [1.807, 2.05) is 6.08 Å². The van der Waals surface area contributed by atoms with Gasteiger partial charge in [-0.1, -0.05) is 23.9 Å². The number of ether oxygens (including phenoxy) is 1. The monoisotopic (exact) mass is 281 g/mol. The zero-order chi connectivity index (χ0) is 14.3. The molecule has 0 spiro atoms. The van der Waals surface area contributed by atoms with Crippen molar-refractivity contribution in [1.82, 2.24) is 0 Å². The van der Waals surface area contributed by atoms with Gasteiger partial charge in [-0.3, -0.25) is 14.9 Å². The summed E-state index contributed by atoms with van der Waals surface area (Å²) >= 11 is 1.25. The minimum absolute atomic E-state index is 0.0264. The van der Waals surface area contributed by atoms with Crippen molar-refractivity contribution in [3.8, 4) is 5.75 Å². The van der Waals surface area contributed by atoms with Crippen molar-refractivity contribution in [3.05, 3.63) is 40.0 Å². The number of carbonyl (C=O) groups is 1. The highest BCUT2D eigenvalue weighted by Gasteiger charge is 2.08. The molecule has 5 nitrogen and oxygen atoms in total. The smallest absolute Gasteiger partial charge is 0.270 e. The minimum Gasteiger partial charge on any atom is -0.496 e. The van der Waals surface area contributed by atoms with Gasteiger partial charge in [0.15, 0.2) is 5.12 Å². The average molecular weight is 281 g/mol. The third kappa shape index (κ3) is 5.13. The topological polar surface area (TPSA) is 69.4 Å². The average Bonchev–Trinajstić information content (AvgIpc) is 2.37. The molecule has 0 aliphatic heterocycles. The lowest BCUT2D eigenvalue weighted by Gasteiger charge is -2.04. The Morgan fingerprint density at radius 2 is 2.26 bits per heavy atom. The molecule has 0 amide bonds. The molecule has 0 radical (unpaired) electrons. The van der Waals surface area contributed by atoms with Crippen LogP contribution in [0.15, 0.2) is 24.3 Å². The Kier molecular flexibility index (Phi) is 6.08. The quantitative estimate of drug-likeness (QED) is 0.454. The molecule has 0 unspecified atom stereocenters. The van der Waals surface area contributed by atoms with Crippen molar-refractivity contribution in [2.45, 2.75) is 13.3 Å². The van der Waals surface area contributed by atoms with Gasteiger partial charge in [0.1, 0.15) is 5.75 Å². The van der Waals surface area contributed by atoms with E-state index in [-0.39, 0.29) is 10.8 Å². The zero-order valence-electron chi connectivity index (χ0n) is 10.8. The maximum Gasteiger partial charge on any atom is 0.270 e. The molecule has 0 saturated heterocycles. The Hall–Kier alpha value is -1.82. The zero-order valence-corrected chi connectivity index (χ0v) is 11.6. The van der Waals surface area contributed by atoms with E-state index >= 15 is 0 Å². The number of hydrogen-bond acceptors (Lipinski definition) is 5. The van der Waals surface area contributed by atoms with E-state index in [0.717, 1.165) is 6.42 Å². The molecule has 0 aliphatic carbocycles. The molecule has 19 heavy (non-hydrogen) atoms. The number of non-ortho nitro benzene ring substituents is 1. The molecule has 0 aromatic heterocycles. The maximum atomic E-state index is 10.7. The molecular formula is C13H15NO4S. The summed E-state index contributed by atoms with van der Waals surface area (Å²) in [6, 6.07) is 4.44. The second-order valence-electron chi connectivity index (χ2n) is 3.71. The van der Waals surface area contributed by atoms with Crippen molar-refractivity contribution in [2.24, 2.45) is 0 Å². The van der Waals surface area contributed by atoms with Crippen LogP contribution in [0.25, 0.3) is 6.08 Å². The standard InChI is InChI=1S/C13H15NO4S/c1-10(15)19-8-4-3-5-11-9-12(14(16)17)6-7-13(11)18-2/h3,5-7,9H,4,8H2,1-2H3. The van der Waals surface area contributed by atoms with Crippen LogP contribution in [-0.2, 0) is 4.79 Å². The van der Waals surface area contributed by atoms with E-state index in [0.29, 0.717) is 17.1 Å². The first-order chi connectivity index (χ1) is 9.04. The Bertz CT molecular complexity index is 499. The number of nitro groups is 1. The number of nitro benzene ring substituents is 1. The van der Waals surface area contributed by atoms with Gasteiger partial charge in [-0.15, -0.1) is 0 Å². The summed E-state index contributed by atoms with van der Waals surface area (Å²) < 4.78 is 5.14. The summed E-state index contributed by atoms with van der Waals surface area (Å²) in [5.74, 6) is 1.28. The van der Waals surface area contributed by atoms with Crippen LogP contribution in [0.4, 0.5) is 5.69 Å². The molecule has 0 aliphatic rings. The molecule has 1 aromatic rings. The van der Waals surface area contributed by atoms with Gasteiger partial charge in [-0.2, -0.15) is 0 Å². The van der Waals surface area contributed by atoms with Crippen molar-refractivity contribution < 1.29 is 14.5 Å². The fourth-order valence-corrected chi connectivity index (χ4v) is 1.99.